The lowest BCUT2D eigenvalue weighted by Crippen LogP contribution is -2.42. The zero-order valence-corrected chi connectivity index (χ0v) is 20.0. The Hall–Kier alpha value is -4.05. The van der Waals surface area contributed by atoms with Gasteiger partial charge in [0.05, 0.1) is 6.54 Å². The van der Waals surface area contributed by atoms with E-state index in [1.807, 2.05) is 97.6 Å². The largest absolute Gasteiger partial charge is 0.508 e. The lowest BCUT2D eigenvalue weighted by atomic mass is 9.69. The van der Waals surface area contributed by atoms with Crippen molar-refractivity contribution >= 4 is 11.6 Å². The van der Waals surface area contributed by atoms with Crippen LogP contribution in [0, 0.1) is 0 Å². The molecule has 35 heavy (non-hydrogen) atoms. The van der Waals surface area contributed by atoms with Crippen LogP contribution in [0.15, 0.2) is 91.0 Å². The summed E-state index contributed by atoms with van der Waals surface area (Å²) in [5, 5.41) is 20.9. The number of hydrogen-bond acceptors (Lipinski definition) is 3. The highest BCUT2D eigenvalue weighted by Crippen LogP contribution is 2.51. The van der Waals surface area contributed by atoms with E-state index in [1.54, 1.807) is 12.1 Å². The molecule has 0 fully saturated rings. The Labute approximate surface area is 206 Å². The number of hydrogen-bond donors (Lipinski definition) is 2. The van der Waals surface area contributed by atoms with Gasteiger partial charge in [-0.2, -0.15) is 0 Å². The highest BCUT2D eigenvalue weighted by atomic mass is 16.3. The van der Waals surface area contributed by atoms with E-state index in [-0.39, 0.29) is 17.4 Å². The fraction of sp³-hybridized carbons (Fsp3) is 0.194. The molecule has 0 saturated heterocycles. The van der Waals surface area contributed by atoms with Crippen LogP contribution in [0.3, 0.4) is 0 Å². The molecule has 0 aliphatic carbocycles. The quantitative estimate of drug-likeness (QED) is 0.363. The molecule has 1 aliphatic heterocycles. The predicted octanol–water partition coefficient (Wildman–Crippen LogP) is 6.10. The number of aromatic hydroxyl groups is 2. The van der Waals surface area contributed by atoms with E-state index in [0.29, 0.717) is 19.4 Å². The van der Waals surface area contributed by atoms with E-state index in [9.17, 15) is 15.0 Å². The zero-order chi connectivity index (χ0) is 24.6. The normalized spacial score (nSPS) is 14.2. The van der Waals surface area contributed by atoms with E-state index in [1.165, 1.54) is 0 Å². The summed E-state index contributed by atoms with van der Waals surface area (Å²) >= 11 is 0. The maximum atomic E-state index is 14.7. The second-order valence-corrected chi connectivity index (χ2v) is 9.04. The van der Waals surface area contributed by atoms with Crippen molar-refractivity contribution in [3.8, 4) is 11.5 Å². The lowest BCUT2D eigenvalue weighted by molar-refractivity contribution is -0.120. The van der Waals surface area contributed by atoms with Crippen LogP contribution < -0.4 is 4.90 Å². The highest BCUT2D eigenvalue weighted by Gasteiger charge is 2.53. The lowest BCUT2D eigenvalue weighted by Gasteiger charge is -2.31. The van der Waals surface area contributed by atoms with Gasteiger partial charge in [0.15, 0.2) is 0 Å². The van der Waals surface area contributed by atoms with E-state index in [4.69, 9.17) is 0 Å². The minimum atomic E-state index is -1.10. The van der Waals surface area contributed by atoms with E-state index < -0.39 is 5.41 Å². The molecule has 4 heteroatoms. The molecule has 0 aromatic heterocycles. The van der Waals surface area contributed by atoms with Gasteiger partial charge in [0.2, 0.25) is 5.91 Å². The Morgan fingerprint density at radius 2 is 1.26 bits per heavy atom. The SMILES string of the molecule is CCc1cc(C2(c3ccc(O)c(CC)c3)C(=O)N(Cc3ccccc3)c3ccccc32)ccc1O. The molecule has 0 bridgehead atoms. The number of rotatable bonds is 6. The summed E-state index contributed by atoms with van der Waals surface area (Å²) in [6.45, 7) is 4.44. The van der Waals surface area contributed by atoms with Crippen LogP contribution in [0.25, 0.3) is 0 Å². The molecule has 4 aromatic rings. The third kappa shape index (κ3) is 3.57. The third-order valence-corrected chi connectivity index (χ3v) is 7.14. The number of phenols is 2. The number of amides is 1. The molecule has 0 unspecified atom stereocenters. The molecule has 4 aromatic carbocycles. The van der Waals surface area contributed by atoms with Gasteiger partial charge in [-0.25, -0.2) is 0 Å². The first-order valence-electron chi connectivity index (χ1n) is 12.1. The van der Waals surface area contributed by atoms with Crippen LogP contribution in [0.2, 0.25) is 0 Å². The molecule has 4 nitrogen and oxygen atoms in total. The fourth-order valence-electron chi connectivity index (χ4n) is 5.30. The molecule has 0 atom stereocenters. The maximum absolute atomic E-state index is 14.7. The summed E-state index contributed by atoms with van der Waals surface area (Å²) in [6, 6.07) is 28.9. The minimum Gasteiger partial charge on any atom is -0.508 e. The van der Waals surface area contributed by atoms with E-state index in [2.05, 4.69) is 0 Å². The van der Waals surface area contributed by atoms with Crippen molar-refractivity contribution in [3.63, 3.8) is 0 Å². The molecule has 1 amide bonds. The first-order valence-corrected chi connectivity index (χ1v) is 12.1. The summed E-state index contributed by atoms with van der Waals surface area (Å²) in [6.07, 6.45) is 1.30. The summed E-state index contributed by atoms with van der Waals surface area (Å²) < 4.78 is 0. The summed E-state index contributed by atoms with van der Waals surface area (Å²) in [4.78, 5) is 16.5. The number of fused-ring (bicyclic) bond motifs is 1. The van der Waals surface area contributed by atoms with Crippen LogP contribution in [-0.4, -0.2) is 16.1 Å². The molecule has 1 heterocycles. The van der Waals surface area contributed by atoms with Gasteiger partial charge in [-0.15, -0.1) is 0 Å². The summed E-state index contributed by atoms with van der Waals surface area (Å²) in [7, 11) is 0. The number of nitrogens with zero attached hydrogens (tertiary/aromatic N) is 1. The van der Waals surface area contributed by atoms with Crippen LogP contribution in [0.5, 0.6) is 11.5 Å². The Bertz CT molecular complexity index is 1340. The van der Waals surface area contributed by atoms with Crippen molar-refractivity contribution in [1.82, 2.24) is 0 Å². The number of aryl methyl sites for hydroxylation is 2. The van der Waals surface area contributed by atoms with Crippen molar-refractivity contribution < 1.29 is 15.0 Å². The highest BCUT2D eigenvalue weighted by molar-refractivity contribution is 6.13. The van der Waals surface area contributed by atoms with E-state index >= 15 is 0 Å². The Balaban J connectivity index is 1.81. The van der Waals surface area contributed by atoms with E-state index in [0.717, 1.165) is 39.1 Å². The monoisotopic (exact) mass is 463 g/mol. The van der Waals surface area contributed by atoms with Gasteiger partial charge in [-0.3, -0.25) is 4.79 Å². The molecule has 176 valence electrons. The molecule has 0 spiro atoms. The molecule has 0 radical (unpaired) electrons. The van der Waals surface area contributed by atoms with Gasteiger partial charge in [0.1, 0.15) is 16.9 Å². The van der Waals surface area contributed by atoms with Crippen LogP contribution in [0.1, 0.15) is 47.2 Å². The van der Waals surface area contributed by atoms with Crippen LogP contribution >= 0.6 is 0 Å². The smallest absolute Gasteiger partial charge is 0.247 e. The summed E-state index contributed by atoms with van der Waals surface area (Å²) in [5.41, 5.74) is 4.94. The van der Waals surface area contributed by atoms with Crippen molar-refractivity contribution in [2.24, 2.45) is 0 Å². The molecule has 0 saturated carbocycles. The number of anilines is 1. The maximum Gasteiger partial charge on any atom is 0.247 e. The van der Waals surface area contributed by atoms with Gasteiger partial charge in [-0.05, 0) is 58.9 Å². The summed E-state index contributed by atoms with van der Waals surface area (Å²) in [5.74, 6) is 0.417. The average molecular weight is 464 g/mol. The Morgan fingerprint density at radius 3 is 1.83 bits per heavy atom. The van der Waals surface area contributed by atoms with Gasteiger partial charge >= 0.3 is 0 Å². The predicted molar refractivity (Wildman–Crippen MR) is 139 cm³/mol. The van der Waals surface area contributed by atoms with Gasteiger partial charge in [-0.1, -0.05) is 86.6 Å². The molecular formula is C31H29NO3. The van der Waals surface area contributed by atoms with Crippen molar-refractivity contribution in [1.29, 1.82) is 0 Å². The number of benzene rings is 4. The zero-order valence-electron chi connectivity index (χ0n) is 20.0. The van der Waals surface area contributed by atoms with Crippen LogP contribution in [-0.2, 0) is 29.6 Å². The van der Waals surface area contributed by atoms with Crippen molar-refractivity contribution in [3.05, 3.63) is 124 Å². The standard InChI is InChI=1S/C31H29NO3/c1-3-22-18-24(14-16-28(22)33)31(25-15-17-29(34)23(4-2)19-25)26-12-8-9-13-27(26)32(30(31)35)20-21-10-6-5-7-11-21/h5-19,33-34H,3-4,20H2,1-2H3. The Kier molecular flexibility index (Phi) is 5.81. The van der Waals surface area contributed by atoms with Gasteiger partial charge < -0.3 is 15.1 Å². The van der Waals surface area contributed by atoms with Crippen LogP contribution in [0.4, 0.5) is 5.69 Å². The second kappa shape index (κ2) is 8.95. The molecule has 1 aliphatic rings. The fourth-order valence-corrected chi connectivity index (χ4v) is 5.30. The van der Waals surface area contributed by atoms with Gasteiger partial charge in [0, 0.05) is 11.3 Å². The molecular weight excluding hydrogens is 434 g/mol. The minimum absolute atomic E-state index is 0.0389. The first-order chi connectivity index (χ1) is 17.0. The topological polar surface area (TPSA) is 60.8 Å². The third-order valence-electron chi connectivity index (χ3n) is 7.14. The number of carbonyl (C=O) groups is 1. The molecule has 2 N–H and O–H groups in total. The number of para-hydroxylation sites is 1. The molecule has 5 rings (SSSR count). The van der Waals surface area contributed by atoms with Crippen molar-refractivity contribution in [2.75, 3.05) is 4.90 Å². The Morgan fingerprint density at radius 1 is 0.714 bits per heavy atom. The average Bonchev–Trinajstić information content (AvgIpc) is 3.14. The number of carbonyl (C=O) groups excluding carboxylic acids is 1. The van der Waals surface area contributed by atoms with Gasteiger partial charge in [0.25, 0.3) is 0 Å². The second-order valence-electron chi connectivity index (χ2n) is 9.04. The van der Waals surface area contributed by atoms with Crippen molar-refractivity contribution in [2.45, 2.75) is 38.6 Å². The number of phenolic OH excluding ortho intramolecular Hbond substituents is 2. The first kappa shape index (κ1) is 22.7.